The Kier molecular flexibility index (Phi) is 5.75. The summed E-state index contributed by atoms with van der Waals surface area (Å²) in [6.07, 6.45) is 3.34. The van der Waals surface area contributed by atoms with Gasteiger partial charge >= 0.3 is 5.97 Å². The van der Waals surface area contributed by atoms with E-state index in [4.69, 9.17) is 9.84 Å². The number of hydrogen-bond donors (Lipinski definition) is 2. The molecule has 1 heterocycles. The molecular formula is C24H19N3O4. The Bertz CT molecular complexity index is 1250. The van der Waals surface area contributed by atoms with Crippen LogP contribution in [0.4, 0.5) is 0 Å². The van der Waals surface area contributed by atoms with Crippen LogP contribution < -0.4 is 10.2 Å². The van der Waals surface area contributed by atoms with E-state index in [0.717, 1.165) is 22.2 Å². The Hall–Kier alpha value is -4.39. The predicted octanol–water partition coefficient (Wildman–Crippen LogP) is 3.86. The van der Waals surface area contributed by atoms with Crippen LogP contribution in [0.2, 0.25) is 0 Å². The normalized spacial score (nSPS) is 11.0. The molecule has 0 bridgehead atoms. The molecule has 0 spiro atoms. The third-order valence-corrected chi connectivity index (χ3v) is 4.67. The van der Waals surface area contributed by atoms with Gasteiger partial charge in [0.2, 0.25) is 0 Å². The molecule has 0 aliphatic heterocycles. The van der Waals surface area contributed by atoms with E-state index in [0.29, 0.717) is 5.75 Å². The fourth-order valence-electron chi connectivity index (χ4n) is 3.17. The first-order valence-corrected chi connectivity index (χ1v) is 9.55. The molecule has 0 unspecified atom stereocenters. The van der Waals surface area contributed by atoms with Gasteiger partial charge in [-0.1, -0.05) is 36.4 Å². The molecular weight excluding hydrogens is 394 g/mol. The number of nitrogens with one attached hydrogen (secondary N) is 1. The summed E-state index contributed by atoms with van der Waals surface area (Å²) in [5, 5.41) is 15.0. The number of carboxylic acid groups (broad SMARTS) is 1. The average molecular weight is 413 g/mol. The molecule has 4 aromatic rings. The zero-order chi connectivity index (χ0) is 21.6. The minimum Gasteiger partial charge on any atom is -0.483 e. The van der Waals surface area contributed by atoms with E-state index in [9.17, 15) is 9.59 Å². The van der Waals surface area contributed by atoms with Crippen molar-refractivity contribution in [3.05, 3.63) is 96.3 Å². The largest absolute Gasteiger partial charge is 0.483 e. The van der Waals surface area contributed by atoms with Gasteiger partial charge in [0.05, 0.1) is 17.5 Å². The Balaban J connectivity index is 1.37. The fraction of sp³-hybridized carbons (Fsp3) is 0.0417. The molecule has 7 heteroatoms. The van der Waals surface area contributed by atoms with E-state index in [1.54, 1.807) is 12.1 Å². The number of carbonyl (C=O) groups is 2. The molecule has 0 fully saturated rings. The van der Waals surface area contributed by atoms with Crippen molar-refractivity contribution in [3.63, 3.8) is 0 Å². The molecule has 3 aromatic carbocycles. The molecule has 0 aliphatic rings. The quantitative estimate of drug-likeness (QED) is 0.355. The Morgan fingerprint density at radius 1 is 0.968 bits per heavy atom. The van der Waals surface area contributed by atoms with Crippen molar-refractivity contribution >= 4 is 28.9 Å². The number of benzene rings is 3. The van der Waals surface area contributed by atoms with Crippen LogP contribution in [0.5, 0.6) is 5.75 Å². The van der Waals surface area contributed by atoms with Crippen LogP contribution in [0.15, 0.2) is 90.2 Å². The van der Waals surface area contributed by atoms with E-state index < -0.39 is 5.97 Å². The van der Waals surface area contributed by atoms with Gasteiger partial charge in [0.15, 0.2) is 6.61 Å². The van der Waals surface area contributed by atoms with Crippen LogP contribution >= 0.6 is 0 Å². The number of amides is 1. The van der Waals surface area contributed by atoms with Crippen molar-refractivity contribution in [2.45, 2.75) is 0 Å². The number of carboxylic acids is 1. The van der Waals surface area contributed by atoms with Crippen molar-refractivity contribution in [3.8, 4) is 11.4 Å². The molecule has 1 aromatic heterocycles. The predicted molar refractivity (Wildman–Crippen MR) is 118 cm³/mol. The molecule has 31 heavy (non-hydrogen) atoms. The van der Waals surface area contributed by atoms with Crippen LogP contribution in [0.1, 0.15) is 16.1 Å². The number of aromatic carboxylic acids is 1. The van der Waals surface area contributed by atoms with E-state index in [2.05, 4.69) is 10.5 Å². The summed E-state index contributed by atoms with van der Waals surface area (Å²) in [6, 6.07) is 23.6. The minimum absolute atomic E-state index is 0.164. The molecule has 0 aliphatic carbocycles. The maximum Gasteiger partial charge on any atom is 0.335 e. The van der Waals surface area contributed by atoms with Crippen molar-refractivity contribution < 1.29 is 19.4 Å². The van der Waals surface area contributed by atoms with Crippen molar-refractivity contribution in [1.29, 1.82) is 0 Å². The van der Waals surface area contributed by atoms with Crippen LogP contribution in [-0.4, -0.2) is 34.4 Å². The minimum atomic E-state index is -0.978. The number of carbonyl (C=O) groups excluding carboxylic acids is 1. The summed E-state index contributed by atoms with van der Waals surface area (Å²) in [4.78, 5) is 23.1. The lowest BCUT2D eigenvalue weighted by molar-refractivity contribution is -0.123. The van der Waals surface area contributed by atoms with Gasteiger partial charge in [-0.05, 0) is 47.9 Å². The van der Waals surface area contributed by atoms with Crippen molar-refractivity contribution in [2.75, 3.05) is 6.61 Å². The monoisotopic (exact) mass is 413 g/mol. The maximum atomic E-state index is 12.1. The third kappa shape index (κ3) is 4.62. The lowest BCUT2D eigenvalue weighted by atomic mass is 10.1. The highest BCUT2D eigenvalue weighted by molar-refractivity contribution is 5.89. The van der Waals surface area contributed by atoms with Gasteiger partial charge in [-0.25, -0.2) is 10.2 Å². The summed E-state index contributed by atoms with van der Waals surface area (Å²) in [6.45, 7) is -0.164. The zero-order valence-corrected chi connectivity index (χ0v) is 16.4. The van der Waals surface area contributed by atoms with E-state index in [-0.39, 0.29) is 18.1 Å². The Labute approximate surface area is 178 Å². The van der Waals surface area contributed by atoms with Gasteiger partial charge in [0.25, 0.3) is 5.91 Å². The lowest BCUT2D eigenvalue weighted by Gasteiger charge is -2.08. The maximum absolute atomic E-state index is 12.1. The molecule has 0 saturated carbocycles. The second-order valence-corrected chi connectivity index (χ2v) is 6.71. The molecule has 7 nitrogen and oxygen atoms in total. The van der Waals surface area contributed by atoms with Crippen molar-refractivity contribution in [2.24, 2.45) is 5.10 Å². The van der Waals surface area contributed by atoms with Crippen molar-refractivity contribution in [1.82, 2.24) is 9.99 Å². The first kappa shape index (κ1) is 19.9. The Morgan fingerprint density at radius 2 is 1.74 bits per heavy atom. The van der Waals surface area contributed by atoms with E-state index in [1.165, 1.54) is 18.3 Å². The first-order valence-electron chi connectivity index (χ1n) is 9.55. The number of rotatable bonds is 7. The molecule has 2 N–H and O–H groups in total. The summed E-state index contributed by atoms with van der Waals surface area (Å²) < 4.78 is 7.48. The molecule has 4 rings (SSSR count). The zero-order valence-electron chi connectivity index (χ0n) is 16.4. The van der Waals surface area contributed by atoms with Crippen LogP contribution in [0, 0.1) is 0 Å². The van der Waals surface area contributed by atoms with E-state index in [1.807, 2.05) is 65.4 Å². The average Bonchev–Trinajstić information content (AvgIpc) is 3.26. The molecule has 154 valence electrons. The van der Waals surface area contributed by atoms with Gasteiger partial charge in [-0.15, -0.1) is 0 Å². The summed E-state index contributed by atoms with van der Waals surface area (Å²) in [7, 11) is 0. The number of hydrogen-bond acceptors (Lipinski definition) is 4. The van der Waals surface area contributed by atoms with Crippen LogP contribution in [-0.2, 0) is 4.79 Å². The highest BCUT2D eigenvalue weighted by Gasteiger charge is 2.07. The van der Waals surface area contributed by atoms with Crippen LogP contribution in [0.25, 0.3) is 16.5 Å². The van der Waals surface area contributed by atoms with Gasteiger partial charge in [-0.3, -0.25) is 4.79 Å². The fourth-order valence-corrected chi connectivity index (χ4v) is 3.17. The van der Waals surface area contributed by atoms with Gasteiger partial charge in [-0.2, -0.15) is 5.10 Å². The molecule has 0 radical (unpaired) electrons. The molecule has 0 atom stereocenters. The standard InChI is InChI=1S/C24H19N3O4/c28-23(16-31-22-9-3-6-17-5-1-2-8-21(17)22)26-25-15-20-7-4-14-27(20)19-12-10-18(11-13-19)24(29)30/h1-15H,16H2,(H,26,28)(H,29,30). The summed E-state index contributed by atoms with van der Waals surface area (Å²) in [5.74, 6) is -0.724. The highest BCUT2D eigenvalue weighted by Crippen LogP contribution is 2.24. The lowest BCUT2D eigenvalue weighted by Crippen LogP contribution is -2.24. The summed E-state index contributed by atoms with van der Waals surface area (Å²) >= 11 is 0. The second-order valence-electron chi connectivity index (χ2n) is 6.71. The number of ether oxygens (including phenoxy) is 1. The number of fused-ring (bicyclic) bond motifs is 1. The molecule has 1 amide bonds. The number of aromatic nitrogens is 1. The third-order valence-electron chi connectivity index (χ3n) is 4.67. The number of nitrogens with zero attached hydrogens (tertiary/aromatic N) is 2. The van der Waals surface area contributed by atoms with Gasteiger partial charge in [0, 0.05) is 17.3 Å². The highest BCUT2D eigenvalue weighted by atomic mass is 16.5. The van der Waals surface area contributed by atoms with Gasteiger partial charge in [0.1, 0.15) is 5.75 Å². The van der Waals surface area contributed by atoms with Crippen LogP contribution in [0.3, 0.4) is 0 Å². The summed E-state index contributed by atoms with van der Waals surface area (Å²) in [5.41, 5.74) is 4.17. The van der Waals surface area contributed by atoms with Gasteiger partial charge < -0.3 is 14.4 Å². The smallest absolute Gasteiger partial charge is 0.335 e. The first-order chi connectivity index (χ1) is 15.1. The van der Waals surface area contributed by atoms with E-state index >= 15 is 0 Å². The SMILES string of the molecule is O=C(COc1cccc2ccccc12)NN=Cc1cccn1-c1ccc(C(=O)O)cc1. The number of hydrazone groups is 1. The second kappa shape index (κ2) is 8.96. The molecule has 0 saturated heterocycles. The topological polar surface area (TPSA) is 92.9 Å². The Morgan fingerprint density at radius 3 is 2.55 bits per heavy atom.